The zero-order chi connectivity index (χ0) is 22.2. The number of carbonyl (C=O) groups is 2. The number of hydrogen-bond donors (Lipinski definition) is 2. The van der Waals surface area contributed by atoms with Gasteiger partial charge < -0.3 is 15.5 Å². The molecule has 0 bridgehead atoms. The highest BCUT2D eigenvalue weighted by molar-refractivity contribution is 6.35. The van der Waals surface area contributed by atoms with Gasteiger partial charge in [-0.1, -0.05) is 35.9 Å². The lowest BCUT2D eigenvalue weighted by atomic mass is 10.0. The average molecular weight is 447 g/mol. The van der Waals surface area contributed by atoms with Crippen LogP contribution in [0.3, 0.4) is 0 Å². The first-order valence-corrected chi connectivity index (χ1v) is 10.8. The third-order valence-corrected chi connectivity index (χ3v) is 5.76. The zero-order valence-electron chi connectivity index (χ0n) is 17.6. The van der Waals surface area contributed by atoms with E-state index in [2.05, 4.69) is 27.5 Å². The molecule has 31 heavy (non-hydrogen) atoms. The molecule has 1 fully saturated rings. The van der Waals surface area contributed by atoms with E-state index in [0.29, 0.717) is 18.0 Å². The maximum Gasteiger partial charge on any atom is 0.309 e. The van der Waals surface area contributed by atoms with Gasteiger partial charge in [-0.15, -0.1) is 0 Å². The molecule has 1 aliphatic heterocycles. The highest BCUT2D eigenvalue weighted by Crippen LogP contribution is 2.22. The Labute approximate surface area is 187 Å². The smallest absolute Gasteiger partial charge is 0.309 e. The summed E-state index contributed by atoms with van der Waals surface area (Å²) in [5, 5.41) is 6.05. The predicted octanol–water partition coefficient (Wildman–Crippen LogP) is 2.24. The van der Waals surface area contributed by atoms with Crippen molar-refractivity contribution >= 4 is 23.4 Å². The minimum Gasteiger partial charge on any atom is -0.348 e. The van der Waals surface area contributed by atoms with Gasteiger partial charge >= 0.3 is 11.8 Å². The monoisotopic (exact) mass is 446 g/mol. The van der Waals surface area contributed by atoms with Crippen LogP contribution in [-0.4, -0.2) is 67.9 Å². The van der Waals surface area contributed by atoms with E-state index >= 15 is 0 Å². The molecule has 0 spiro atoms. The molecule has 3 rings (SSSR count). The van der Waals surface area contributed by atoms with E-state index in [-0.39, 0.29) is 18.4 Å². The van der Waals surface area contributed by atoms with Crippen LogP contribution in [-0.2, 0) is 16.0 Å². The summed E-state index contributed by atoms with van der Waals surface area (Å²) in [7, 11) is 2.07. The van der Waals surface area contributed by atoms with Crippen LogP contribution in [0.15, 0.2) is 48.5 Å². The van der Waals surface area contributed by atoms with Crippen molar-refractivity contribution in [3.05, 3.63) is 70.5 Å². The van der Waals surface area contributed by atoms with E-state index in [1.807, 2.05) is 12.1 Å². The number of hydrogen-bond acceptors (Lipinski definition) is 4. The van der Waals surface area contributed by atoms with Gasteiger partial charge in [0.25, 0.3) is 0 Å². The lowest BCUT2D eigenvalue weighted by Gasteiger charge is -2.38. The van der Waals surface area contributed by atoms with Gasteiger partial charge in [-0.3, -0.25) is 14.5 Å². The third kappa shape index (κ3) is 7.02. The lowest BCUT2D eigenvalue weighted by Crippen LogP contribution is -2.49. The molecular formula is C23H28ClFN4O2. The Hall–Kier alpha value is -2.48. The molecule has 1 heterocycles. The van der Waals surface area contributed by atoms with Crippen molar-refractivity contribution in [2.75, 3.05) is 46.3 Å². The van der Waals surface area contributed by atoms with Crippen LogP contribution in [0.2, 0.25) is 5.02 Å². The fourth-order valence-corrected chi connectivity index (χ4v) is 3.72. The highest BCUT2D eigenvalue weighted by Gasteiger charge is 2.25. The minimum atomic E-state index is -0.669. The first-order valence-electron chi connectivity index (χ1n) is 10.4. The van der Waals surface area contributed by atoms with E-state index in [1.54, 1.807) is 24.3 Å². The maximum atomic E-state index is 13.4. The molecule has 0 aromatic heterocycles. The summed E-state index contributed by atoms with van der Waals surface area (Å²) >= 11 is 5.87. The van der Waals surface area contributed by atoms with Gasteiger partial charge in [0.15, 0.2) is 0 Å². The van der Waals surface area contributed by atoms with E-state index in [1.165, 1.54) is 12.1 Å². The van der Waals surface area contributed by atoms with Crippen molar-refractivity contribution in [3.8, 4) is 0 Å². The third-order valence-electron chi connectivity index (χ3n) is 5.51. The van der Waals surface area contributed by atoms with E-state index in [4.69, 9.17) is 11.6 Å². The summed E-state index contributed by atoms with van der Waals surface area (Å²) in [6.45, 7) is 4.13. The van der Waals surface area contributed by atoms with Gasteiger partial charge in [0.1, 0.15) is 5.82 Å². The molecular weight excluding hydrogens is 419 g/mol. The second-order valence-corrected chi connectivity index (χ2v) is 8.19. The van der Waals surface area contributed by atoms with Gasteiger partial charge in [-0.25, -0.2) is 4.39 Å². The van der Waals surface area contributed by atoms with Crippen molar-refractivity contribution in [1.29, 1.82) is 0 Å². The Balaban J connectivity index is 1.53. The molecule has 1 unspecified atom stereocenters. The SMILES string of the molecule is CN1CCN(C(CNC(=O)C(=O)NCCc2ccc(Cl)cc2)c2ccc(F)cc2)CC1. The van der Waals surface area contributed by atoms with Gasteiger partial charge in [0.05, 0.1) is 6.04 Å². The number of nitrogens with zero attached hydrogens (tertiary/aromatic N) is 2. The number of rotatable bonds is 7. The van der Waals surface area contributed by atoms with Crippen LogP contribution in [0.1, 0.15) is 17.2 Å². The highest BCUT2D eigenvalue weighted by atomic mass is 35.5. The molecule has 2 amide bonds. The van der Waals surface area contributed by atoms with Crippen molar-refractivity contribution in [3.63, 3.8) is 0 Å². The summed E-state index contributed by atoms with van der Waals surface area (Å²) in [6.07, 6.45) is 0.607. The molecule has 166 valence electrons. The van der Waals surface area contributed by atoms with Crippen LogP contribution in [0.25, 0.3) is 0 Å². The van der Waals surface area contributed by atoms with Crippen LogP contribution in [0.5, 0.6) is 0 Å². The maximum absolute atomic E-state index is 13.4. The van der Waals surface area contributed by atoms with Gasteiger partial charge in [-0.05, 0) is 48.9 Å². The average Bonchev–Trinajstić information content (AvgIpc) is 2.77. The molecule has 1 atom stereocenters. The molecule has 2 aromatic carbocycles. The van der Waals surface area contributed by atoms with E-state index in [0.717, 1.165) is 37.3 Å². The molecule has 2 N–H and O–H groups in total. The topological polar surface area (TPSA) is 64.7 Å². The summed E-state index contributed by atoms with van der Waals surface area (Å²) in [5.41, 5.74) is 1.94. The standard InChI is InChI=1S/C23H28ClFN4O2/c1-28-12-14-29(15-13-28)21(18-4-8-20(25)9-5-18)16-27-23(31)22(30)26-11-10-17-2-6-19(24)7-3-17/h2-9,21H,10-16H2,1H3,(H,26,30)(H,27,31). The summed E-state index contributed by atoms with van der Waals surface area (Å²) in [4.78, 5) is 29.0. The molecule has 8 heteroatoms. The minimum absolute atomic E-state index is 0.125. The zero-order valence-corrected chi connectivity index (χ0v) is 18.4. The van der Waals surface area contributed by atoms with Crippen LogP contribution >= 0.6 is 11.6 Å². The predicted molar refractivity (Wildman–Crippen MR) is 119 cm³/mol. The Bertz CT molecular complexity index is 868. The Morgan fingerprint density at radius 1 is 0.968 bits per heavy atom. The van der Waals surface area contributed by atoms with Gasteiger partial charge in [-0.2, -0.15) is 0 Å². The molecule has 1 aliphatic rings. The first-order chi connectivity index (χ1) is 14.9. The number of halogens is 2. The Morgan fingerprint density at radius 2 is 1.58 bits per heavy atom. The number of likely N-dealkylation sites (N-methyl/N-ethyl adjacent to an activating group) is 1. The van der Waals surface area contributed by atoms with Crippen molar-refractivity contribution in [2.24, 2.45) is 0 Å². The summed E-state index contributed by atoms with van der Waals surface area (Å²) in [6, 6.07) is 13.5. The van der Waals surface area contributed by atoms with E-state index in [9.17, 15) is 14.0 Å². The Kier molecular flexibility index (Phi) is 8.40. The fourth-order valence-electron chi connectivity index (χ4n) is 3.60. The van der Waals surface area contributed by atoms with Crippen molar-refractivity contribution in [1.82, 2.24) is 20.4 Å². The normalized spacial score (nSPS) is 16.0. The van der Waals surface area contributed by atoms with Crippen LogP contribution in [0, 0.1) is 5.82 Å². The summed E-state index contributed by atoms with van der Waals surface area (Å²) in [5.74, 6) is -1.63. The summed E-state index contributed by atoms with van der Waals surface area (Å²) < 4.78 is 13.4. The molecule has 0 radical (unpaired) electrons. The number of piperazine rings is 1. The van der Waals surface area contributed by atoms with Crippen LogP contribution < -0.4 is 10.6 Å². The number of benzene rings is 2. The Morgan fingerprint density at radius 3 is 2.23 bits per heavy atom. The number of carbonyl (C=O) groups excluding carboxylic acids is 2. The molecule has 0 saturated carbocycles. The molecule has 2 aromatic rings. The van der Waals surface area contributed by atoms with Gasteiger partial charge in [0.2, 0.25) is 0 Å². The molecule has 1 saturated heterocycles. The fraction of sp³-hybridized carbons (Fsp3) is 0.391. The molecule has 0 aliphatic carbocycles. The van der Waals surface area contributed by atoms with Gasteiger partial charge in [0, 0.05) is 44.3 Å². The second-order valence-electron chi connectivity index (χ2n) is 7.75. The lowest BCUT2D eigenvalue weighted by molar-refractivity contribution is -0.139. The van der Waals surface area contributed by atoms with E-state index < -0.39 is 11.8 Å². The van der Waals surface area contributed by atoms with Crippen LogP contribution in [0.4, 0.5) is 4.39 Å². The van der Waals surface area contributed by atoms with Crippen molar-refractivity contribution < 1.29 is 14.0 Å². The quantitative estimate of drug-likeness (QED) is 0.640. The number of nitrogens with one attached hydrogen (secondary N) is 2. The largest absolute Gasteiger partial charge is 0.348 e. The molecule has 6 nitrogen and oxygen atoms in total. The second kappa shape index (κ2) is 11.2. The first kappa shape index (κ1) is 23.2. The number of amides is 2. The van der Waals surface area contributed by atoms with Crippen molar-refractivity contribution in [2.45, 2.75) is 12.5 Å².